The van der Waals surface area contributed by atoms with E-state index in [-0.39, 0.29) is 29.7 Å². The van der Waals surface area contributed by atoms with Gasteiger partial charge in [0.2, 0.25) is 11.2 Å². The van der Waals surface area contributed by atoms with E-state index in [4.69, 9.17) is 21.4 Å². The van der Waals surface area contributed by atoms with Crippen molar-refractivity contribution in [1.29, 1.82) is 0 Å². The number of halogens is 1. The highest BCUT2D eigenvalue weighted by atomic mass is 35.5. The highest BCUT2D eigenvalue weighted by Crippen LogP contribution is 2.12. The van der Waals surface area contributed by atoms with Crippen molar-refractivity contribution in [2.24, 2.45) is 0 Å². The standard InChI is InChI=1S/C9H13ClN4O3/c1-5(3-4-6(15)16)11-8-12-7(10)13-9(14-8)17-2/h5H,3-4H2,1-2H3,(H,15,16)(H,11,12,13,14). The first kappa shape index (κ1) is 13.4. The zero-order valence-electron chi connectivity index (χ0n) is 9.47. The Kier molecular flexibility index (Phi) is 4.89. The van der Waals surface area contributed by atoms with E-state index < -0.39 is 5.97 Å². The van der Waals surface area contributed by atoms with Gasteiger partial charge in [0.05, 0.1) is 7.11 Å². The summed E-state index contributed by atoms with van der Waals surface area (Å²) < 4.78 is 4.83. The largest absolute Gasteiger partial charge is 0.481 e. The Bertz CT molecular complexity index is 402. The minimum absolute atomic E-state index is 0.0183. The Morgan fingerprint density at radius 3 is 2.82 bits per heavy atom. The highest BCUT2D eigenvalue weighted by molar-refractivity contribution is 6.28. The fourth-order valence-electron chi connectivity index (χ4n) is 1.12. The maximum atomic E-state index is 10.4. The molecule has 8 heteroatoms. The molecule has 0 amide bonds. The number of aliphatic carboxylic acids is 1. The van der Waals surface area contributed by atoms with Crippen LogP contribution in [0.5, 0.6) is 6.01 Å². The van der Waals surface area contributed by atoms with Gasteiger partial charge in [0.15, 0.2) is 0 Å². The zero-order chi connectivity index (χ0) is 12.8. The third-order valence-electron chi connectivity index (χ3n) is 1.94. The number of carbonyl (C=O) groups is 1. The van der Waals surface area contributed by atoms with Crippen LogP contribution in [0.25, 0.3) is 0 Å². The molecule has 1 heterocycles. The first-order valence-electron chi connectivity index (χ1n) is 4.95. The monoisotopic (exact) mass is 260 g/mol. The number of methoxy groups -OCH3 is 1. The Morgan fingerprint density at radius 1 is 1.53 bits per heavy atom. The van der Waals surface area contributed by atoms with Crippen LogP contribution in [-0.2, 0) is 4.79 Å². The van der Waals surface area contributed by atoms with E-state index in [0.29, 0.717) is 6.42 Å². The van der Waals surface area contributed by atoms with Crippen LogP contribution in [0.2, 0.25) is 5.28 Å². The molecule has 17 heavy (non-hydrogen) atoms. The average Bonchev–Trinajstić information content (AvgIpc) is 2.25. The second-order valence-electron chi connectivity index (χ2n) is 3.39. The van der Waals surface area contributed by atoms with Crippen LogP contribution < -0.4 is 10.1 Å². The first-order chi connectivity index (χ1) is 8.01. The molecule has 0 aliphatic rings. The average molecular weight is 261 g/mol. The van der Waals surface area contributed by atoms with E-state index >= 15 is 0 Å². The van der Waals surface area contributed by atoms with E-state index in [1.807, 2.05) is 6.92 Å². The predicted molar refractivity (Wildman–Crippen MR) is 61.3 cm³/mol. The van der Waals surface area contributed by atoms with Crippen LogP contribution in [0.3, 0.4) is 0 Å². The maximum Gasteiger partial charge on any atom is 0.322 e. The van der Waals surface area contributed by atoms with E-state index in [1.54, 1.807) is 0 Å². The van der Waals surface area contributed by atoms with Crippen LogP contribution >= 0.6 is 11.6 Å². The van der Waals surface area contributed by atoms with Crippen molar-refractivity contribution in [3.63, 3.8) is 0 Å². The fourth-order valence-corrected chi connectivity index (χ4v) is 1.27. The molecule has 0 bridgehead atoms. The summed E-state index contributed by atoms with van der Waals surface area (Å²) >= 11 is 5.66. The number of nitrogens with zero attached hydrogens (tertiary/aromatic N) is 3. The first-order valence-corrected chi connectivity index (χ1v) is 5.33. The van der Waals surface area contributed by atoms with Crippen LogP contribution in [0, 0.1) is 0 Å². The van der Waals surface area contributed by atoms with Crippen molar-refractivity contribution < 1.29 is 14.6 Å². The van der Waals surface area contributed by atoms with Gasteiger partial charge in [-0.3, -0.25) is 4.79 Å². The van der Waals surface area contributed by atoms with Gasteiger partial charge in [0.25, 0.3) is 0 Å². The summed E-state index contributed by atoms with van der Waals surface area (Å²) in [6.45, 7) is 1.83. The molecular formula is C9H13ClN4O3. The van der Waals surface area contributed by atoms with Gasteiger partial charge in [-0.15, -0.1) is 0 Å². The van der Waals surface area contributed by atoms with Crippen molar-refractivity contribution in [2.75, 3.05) is 12.4 Å². The quantitative estimate of drug-likeness (QED) is 0.793. The second-order valence-corrected chi connectivity index (χ2v) is 3.73. The Balaban J connectivity index is 2.61. The third kappa shape index (κ3) is 4.81. The lowest BCUT2D eigenvalue weighted by Crippen LogP contribution is -2.18. The van der Waals surface area contributed by atoms with Crippen LogP contribution in [0.4, 0.5) is 5.95 Å². The van der Waals surface area contributed by atoms with Gasteiger partial charge in [0.1, 0.15) is 0 Å². The molecule has 0 aliphatic carbocycles. The SMILES string of the molecule is COc1nc(Cl)nc(NC(C)CCC(=O)O)n1. The van der Waals surface area contributed by atoms with Crippen LogP contribution in [0.1, 0.15) is 19.8 Å². The number of hydrogen-bond donors (Lipinski definition) is 2. The molecule has 0 saturated heterocycles. The highest BCUT2D eigenvalue weighted by Gasteiger charge is 2.09. The van der Waals surface area contributed by atoms with Gasteiger partial charge in [-0.1, -0.05) is 0 Å². The molecule has 2 N–H and O–H groups in total. The van der Waals surface area contributed by atoms with Gasteiger partial charge >= 0.3 is 12.0 Å². The lowest BCUT2D eigenvalue weighted by atomic mass is 10.2. The van der Waals surface area contributed by atoms with Gasteiger partial charge < -0.3 is 15.2 Å². The molecule has 1 atom stereocenters. The lowest BCUT2D eigenvalue weighted by Gasteiger charge is -2.12. The molecule has 1 aromatic heterocycles. The molecule has 1 rings (SSSR count). The Hall–Kier alpha value is -1.63. The minimum Gasteiger partial charge on any atom is -0.481 e. The minimum atomic E-state index is -0.843. The topological polar surface area (TPSA) is 97.2 Å². The summed E-state index contributed by atoms with van der Waals surface area (Å²) in [5.41, 5.74) is 0. The summed E-state index contributed by atoms with van der Waals surface area (Å²) in [6, 6.07) is 0.0206. The molecule has 0 radical (unpaired) electrons. The number of rotatable bonds is 6. The summed E-state index contributed by atoms with van der Waals surface area (Å²) in [7, 11) is 1.42. The number of ether oxygens (including phenoxy) is 1. The molecule has 0 aliphatic heterocycles. The number of carboxylic acids is 1. The van der Waals surface area contributed by atoms with Crippen LogP contribution in [0.15, 0.2) is 0 Å². The maximum absolute atomic E-state index is 10.4. The zero-order valence-corrected chi connectivity index (χ0v) is 10.2. The van der Waals surface area contributed by atoms with Crippen molar-refractivity contribution in [3.8, 4) is 6.01 Å². The van der Waals surface area contributed by atoms with Crippen molar-refractivity contribution in [1.82, 2.24) is 15.0 Å². The van der Waals surface area contributed by atoms with Gasteiger partial charge in [-0.2, -0.15) is 15.0 Å². The molecule has 0 saturated carbocycles. The van der Waals surface area contributed by atoms with Crippen LogP contribution in [-0.4, -0.2) is 39.2 Å². The van der Waals surface area contributed by atoms with E-state index in [0.717, 1.165) is 0 Å². The second kappa shape index (κ2) is 6.19. The van der Waals surface area contributed by atoms with E-state index in [1.165, 1.54) is 7.11 Å². The predicted octanol–water partition coefficient (Wildman–Crippen LogP) is 1.20. The van der Waals surface area contributed by atoms with Crippen molar-refractivity contribution in [2.45, 2.75) is 25.8 Å². The molecular weight excluding hydrogens is 248 g/mol. The molecule has 94 valence electrons. The number of aromatic nitrogens is 3. The lowest BCUT2D eigenvalue weighted by molar-refractivity contribution is -0.137. The van der Waals surface area contributed by atoms with Crippen molar-refractivity contribution >= 4 is 23.5 Å². The summed E-state index contributed by atoms with van der Waals surface area (Å²) in [5.74, 6) is -0.579. The summed E-state index contributed by atoms with van der Waals surface area (Å²) in [6.07, 6.45) is 0.533. The van der Waals surface area contributed by atoms with Gasteiger partial charge in [-0.05, 0) is 24.9 Å². The summed E-state index contributed by atoms with van der Waals surface area (Å²) in [4.78, 5) is 21.9. The van der Waals surface area contributed by atoms with E-state index in [2.05, 4.69) is 20.3 Å². The van der Waals surface area contributed by atoms with Gasteiger partial charge in [0, 0.05) is 12.5 Å². The van der Waals surface area contributed by atoms with Crippen molar-refractivity contribution in [3.05, 3.63) is 5.28 Å². The molecule has 7 nitrogen and oxygen atoms in total. The van der Waals surface area contributed by atoms with Gasteiger partial charge in [-0.25, -0.2) is 0 Å². The number of hydrogen-bond acceptors (Lipinski definition) is 6. The number of anilines is 1. The third-order valence-corrected chi connectivity index (χ3v) is 2.11. The smallest absolute Gasteiger partial charge is 0.322 e. The molecule has 0 aromatic carbocycles. The molecule has 1 aromatic rings. The molecule has 0 spiro atoms. The molecule has 0 fully saturated rings. The fraction of sp³-hybridized carbons (Fsp3) is 0.556. The Morgan fingerprint density at radius 2 is 2.24 bits per heavy atom. The Labute approximate surface area is 103 Å². The number of carboxylic acid groups (broad SMARTS) is 1. The normalized spacial score (nSPS) is 11.9. The number of nitrogens with one attached hydrogen (secondary N) is 1. The summed E-state index contributed by atoms with van der Waals surface area (Å²) in [5, 5.41) is 11.5. The van der Waals surface area contributed by atoms with E-state index in [9.17, 15) is 4.79 Å². The molecule has 1 unspecified atom stereocenters.